The van der Waals surface area contributed by atoms with Gasteiger partial charge in [-0.15, -0.1) is 0 Å². The second-order valence-electron chi connectivity index (χ2n) is 14.7. The highest BCUT2D eigenvalue weighted by atomic mass is 15.1. The predicted molar refractivity (Wildman–Crippen MR) is 233 cm³/mol. The second-order valence-corrected chi connectivity index (χ2v) is 14.7. The molecule has 0 spiro atoms. The zero-order valence-electron chi connectivity index (χ0n) is 31.3. The van der Waals surface area contributed by atoms with Crippen molar-refractivity contribution in [3.8, 4) is 39.3 Å². The van der Waals surface area contributed by atoms with Gasteiger partial charge in [0.05, 0.1) is 22.4 Å². The van der Waals surface area contributed by atoms with E-state index in [1.807, 2.05) is 12.2 Å². The Morgan fingerprint density at radius 2 is 1.29 bits per heavy atom. The molecule has 262 valence electrons. The van der Waals surface area contributed by atoms with Gasteiger partial charge >= 0.3 is 0 Å². The molecule has 0 N–H and O–H groups in total. The lowest BCUT2D eigenvalue weighted by Crippen LogP contribution is -2.08. The van der Waals surface area contributed by atoms with Crippen LogP contribution in [-0.4, -0.2) is 14.5 Å². The Balaban J connectivity index is 1.35. The van der Waals surface area contributed by atoms with Crippen molar-refractivity contribution in [2.45, 2.75) is 27.2 Å². The third-order valence-corrected chi connectivity index (χ3v) is 11.4. The lowest BCUT2D eigenvalue weighted by molar-refractivity contribution is 0.987. The molecule has 2 aromatic heterocycles. The lowest BCUT2D eigenvalue weighted by atomic mass is 9.87. The summed E-state index contributed by atoms with van der Waals surface area (Å²) < 4.78 is 2.41. The molecule has 0 atom stereocenters. The van der Waals surface area contributed by atoms with Crippen LogP contribution in [0, 0.1) is 13.8 Å². The second kappa shape index (κ2) is 12.9. The van der Waals surface area contributed by atoms with Crippen LogP contribution in [0.15, 0.2) is 170 Å². The Morgan fingerprint density at radius 1 is 0.618 bits per heavy atom. The van der Waals surface area contributed by atoms with Crippen molar-refractivity contribution >= 4 is 48.9 Å². The van der Waals surface area contributed by atoms with Crippen molar-refractivity contribution in [2.75, 3.05) is 0 Å². The number of benzene rings is 7. The Morgan fingerprint density at radius 3 is 2.09 bits per heavy atom. The molecule has 0 aliphatic heterocycles. The number of fused-ring (bicyclic) bond motifs is 7. The summed E-state index contributed by atoms with van der Waals surface area (Å²) in [5.74, 6) is 0.828. The summed E-state index contributed by atoms with van der Waals surface area (Å²) in [6.45, 7) is 10.7. The van der Waals surface area contributed by atoms with Gasteiger partial charge in [0, 0.05) is 28.3 Å². The molecule has 1 aliphatic rings. The molecule has 0 amide bonds. The van der Waals surface area contributed by atoms with Crippen LogP contribution in [0.25, 0.3) is 88.3 Å². The van der Waals surface area contributed by atoms with Crippen LogP contribution in [0.1, 0.15) is 29.4 Å². The first-order valence-electron chi connectivity index (χ1n) is 19.0. The predicted octanol–water partition coefficient (Wildman–Crippen LogP) is 13.6. The van der Waals surface area contributed by atoms with Crippen molar-refractivity contribution in [3.05, 3.63) is 192 Å². The molecule has 9 aromatic rings. The highest BCUT2D eigenvalue weighted by molar-refractivity contribution is 6.26. The summed E-state index contributed by atoms with van der Waals surface area (Å²) >= 11 is 0. The third kappa shape index (κ3) is 5.19. The first-order chi connectivity index (χ1) is 27.0. The van der Waals surface area contributed by atoms with E-state index in [1.165, 1.54) is 65.7 Å². The maximum atomic E-state index is 5.70. The summed E-state index contributed by atoms with van der Waals surface area (Å²) in [5, 5.41) is 7.40. The number of para-hydroxylation sites is 1. The van der Waals surface area contributed by atoms with E-state index >= 15 is 0 Å². The molecule has 0 radical (unpaired) electrons. The maximum Gasteiger partial charge on any atom is 0.165 e. The molecular weight excluding hydrogens is 667 g/mol. The zero-order valence-corrected chi connectivity index (χ0v) is 31.3. The first kappa shape index (κ1) is 32.8. The zero-order chi connectivity index (χ0) is 37.2. The molecular formula is C52H39N3. The van der Waals surface area contributed by atoms with Crippen LogP contribution in [0.2, 0.25) is 0 Å². The first-order valence-corrected chi connectivity index (χ1v) is 19.0. The molecule has 0 fully saturated rings. The van der Waals surface area contributed by atoms with E-state index in [0.717, 1.165) is 57.1 Å². The molecule has 1 aliphatic carbocycles. The van der Waals surface area contributed by atoms with Crippen molar-refractivity contribution in [2.24, 2.45) is 0 Å². The smallest absolute Gasteiger partial charge is 0.165 e. The van der Waals surface area contributed by atoms with Crippen molar-refractivity contribution in [1.82, 2.24) is 14.5 Å². The van der Waals surface area contributed by atoms with Crippen LogP contribution in [0.5, 0.6) is 0 Å². The lowest BCUT2D eigenvalue weighted by Gasteiger charge is -2.19. The topological polar surface area (TPSA) is 30.7 Å². The number of aryl methyl sites for hydroxylation is 2. The van der Waals surface area contributed by atoms with E-state index in [9.17, 15) is 0 Å². The normalized spacial score (nSPS) is 12.9. The van der Waals surface area contributed by atoms with E-state index < -0.39 is 0 Å². The van der Waals surface area contributed by atoms with Gasteiger partial charge in [-0.1, -0.05) is 152 Å². The molecule has 3 nitrogen and oxygen atoms in total. The molecule has 0 bridgehead atoms. The summed E-state index contributed by atoms with van der Waals surface area (Å²) in [6.07, 6.45) is 6.72. The standard InChI is InChI=1S/C52H39N3/c1-5-6-23-40-33(3)29-45-50(40)54-52(49(53-45)39-22-16-21-37(30-39)35-17-8-7-9-18-35)55-46-27-15-14-26-43(46)48-42-25-13-12-24-41(42)47(34(4)51(48)55)44-31-38-20-11-10-19-36(38)28-32(44)2/h5-28,30-31H,1,29H2,2-4H3/b23-6-. The van der Waals surface area contributed by atoms with E-state index in [4.69, 9.17) is 9.97 Å². The maximum absolute atomic E-state index is 5.70. The minimum Gasteiger partial charge on any atom is -0.292 e. The number of nitrogens with zero attached hydrogens (tertiary/aromatic N) is 3. The number of hydrogen-bond acceptors (Lipinski definition) is 2. The highest BCUT2D eigenvalue weighted by Crippen LogP contribution is 2.47. The van der Waals surface area contributed by atoms with E-state index in [1.54, 1.807) is 0 Å². The van der Waals surface area contributed by atoms with Gasteiger partial charge < -0.3 is 0 Å². The largest absolute Gasteiger partial charge is 0.292 e. The number of rotatable bonds is 6. The van der Waals surface area contributed by atoms with Gasteiger partial charge in [-0.25, -0.2) is 9.97 Å². The molecule has 3 heteroatoms. The summed E-state index contributed by atoms with van der Waals surface area (Å²) in [7, 11) is 0. The van der Waals surface area contributed by atoms with Crippen LogP contribution >= 0.6 is 0 Å². The van der Waals surface area contributed by atoms with Crippen LogP contribution in [0.3, 0.4) is 0 Å². The number of aromatic nitrogens is 3. The van der Waals surface area contributed by atoms with E-state index in [-0.39, 0.29) is 0 Å². The molecule has 10 rings (SSSR count). The van der Waals surface area contributed by atoms with Gasteiger partial charge in [-0.3, -0.25) is 4.57 Å². The summed E-state index contributed by atoms with van der Waals surface area (Å²) in [6, 6.07) is 50.4. The van der Waals surface area contributed by atoms with Gasteiger partial charge in [-0.05, 0) is 93.9 Å². The minimum atomic E-state index is 0.757. The molecule has 0 saturated carbocycles. The van der Waals surface area contributed by atoms with E-state index in [0.29, 0.717) is 0 Å². The fourth-order valence-electron chi connectivity index (χ4n) is 8.86. The van der Waals surface area contributed by atoms with Gasteiger partial charge in [0.2, 0.25) is 0 Å². The van der Waals surface area contributed by atoms with E-state index in [2.05, 4.69) is 178 Å². The van der Waals surface area contributed by atoms with Crippen LogP contribution < -0.4 is 0 Å². The van der Waals surface area contributed by atoms with Crippen molar-refractivity contribution in [3.63, 3.8) is 0 Å². The van der Waals surface area contributed by atoms with Gasteiger partial charge in [0.25, 0.3) is 0 Å². The van der Waals surface area contributed by atoms with Gasteiger partial charge in [0.1, 0.15) is 5.69 Å². The van der Waals surface area contributed by atoms with Crippen molar-refractivity contribution < 1.29 is 0 Å². The Kier molecular flexibility index (Phi) is 7.71. The molecule has 2 heterocycles. The SMILES string of the molecule is C=C/C=C\C1=C(C)Cc2nc(-c3cccc(-c4ccccc4)c3)c(-n3c4ccccc4c4c5ccccc5c(-c5cc6ccccc6cc5C)c(C)c43)nc21. The summed E-state index contributed by atoms with van der Waals surface area (Å²) in [4.78, 5) is 11.3. The Hall–Kier alpha value is -6.84. The van der Waals surface area contributed by atoms with Crippen LogP contribution in [0.4, 0.5) is 0 Å². The number of hydrogen-bond donors (Lipinski definition) is 0. The quantitative estimate of drug-likeness (QED) is 0.161. The highest BCUT2D eigenvalue weighted by Gasteiger charge is 2.28. The Bertz CT molecular complexity index is 3100. The molecule has 7 aromatic carbocycles. The molecule has 0 saturated heterocycles. The fraction of sp³-hybridized carbons (Fsp3) is 0.0769. The third-order valence-electron chi connectivity index (χ3n) is 11.4. The Labute approximate surface area is 321 Å². The minimum absolute atomic E-state index is 0.757. The van der Waals surface area contributed by atoms with Gasteiger partial charge in [-0.2, -0.15) is 0 Å². The molecule has 0 unspecified atom stereocenters. The van der Waals surface area contributed by atoms with Gasteiger partial charge in [0.15, 0.2) is 5.82 Å². The molecule has 55 heavy (non-hydrogen) atoms. The number of allylic oxidation sites excluding steroid dienone is 5. The fourth-order valence-corrected chi connectivity index (χ4v) is 8.86. The van der Waals surface area contributed by atoms with Crippen LogP contribution in [-0.2, 0) is 6.42 Å². The summed E-state index contributed by atoms with van der Waals surface area (Å²) in [5.41, 5.74) is 15.8. The average molecular weight is 706 g/mol. The average Bonchev–Trinajstić information content (AvgIpc) is 3.73. The monoisotopic (exact) mass is 705 g/mol. The van der Waals surface area contributed by atoms with Crippen molar-refractivity contribution in [1.29, 1.82) is 0 Å².